The van der Waals surface area contributed by atoms with Crippen molar-refractivity contribution >= 4 is 32.8 Å². The molecule has 1 fully saturated rings. The molecule has 35 heavy (non-hydrogen) atoms. The van der Waals surface area contributed by atoms with Crippen LogP contribution in [0.5, 0.6) is 0 Å². The van der Waals surface area contributed by atoms with E-state index in [0.29, 0.717) is 60.8 Å². The molecule has 0 spiro atoms. The molecule has 0 bridgehead atoms. The highest BCUT2D eigenvalue weighted by atomic mass is 32.2. The Hall–Kier alpha value is -2.01. The number of piperidine rings is 1. The predicted octanol–water partition coefficient (Wildman–Crippen LogP) is 5.45. The Balaban J connectivity index is 1.63. The molecular formula is C25H31F2N3O3S2. The molecule has 1 saturated heterocycles. The summed E-state index contributed by atoms with van der Waals surface area (Å²) < 4.78 is 62.9. The number of ether oxygens (including phenoxy) is 1. The summed E-state index contributed by atoms with van der Waals surface area (Å²) in [6.07, 6.45) is 2.65. The SMILES string of the molecule is CCOCCCn1c(SCc2cc(F)cc(F)c2)nc2cc(S(=O)(=O)N3CCC[C@H](C)C3)ccc21. The van der Waals surface area contributed by atoms with E-state index in [4.69, 9.17) is 9.72 Å². The minimum atomic E-state index is -3.61. The van der Waals surface area contributed by atoms with E-state index in [1.54, 1.807) is 22.5 Å². The molecule has 1 aromatic heterocycles. The first-order chi connectivity index (χ1) is 16.8. The number of imidazole rings is 1. The van der Waals surface area contributed by atoms with Crippen LogP contribution in [0.15, 0.2) is 46.5 Å². The Morgan fingerprint density at radius 1 is 1.17 bits per heavy atom. The molecule has 0 radical (unpaired) electrons. The van der Waals surface area contributed by atoms with E-state index in [1.165, 1.54) is 23.9 Å². The van der Waals surface area contributed by atoms with Crippen molar-refractivity contribution in [2.45, 2.75) is 55.5 Å². The van der Waals surface area contributed by atoms with Crippen LogP contribution >= 0.6 is 11.8 Å². The van der Waals surface area contributed by atoms with E-state index in [2.05, 4.69) is 6.92 Å². The van der Waals surface area contributed by atoms with Gasteiger partial charge >= 0.3 is 0 Å². The topological polar surface area (TPSA) is 64.4 Å². The van der Waals surface area contributed by atoms with Crippen molar-refractivity contribution in [3.05, 3.63) is 53.6 Å². The van der Waals surface area contributed by atoms with Crippen LogP contribution in [0.4, 0.5) is 8.78 Å². The molecular weight excluding hydrogens is 492 g/mol. The van der Waals surface area contributed by atoms with Crippen LogP contribution < -0.4 is 0 Å². The second-order valence-electron chi connectivity index (χ2n) is 8.92. The number of thioether (sulfide) groups is 1. The summed E-state index contributed by atoms with van der Waals surface area (Å²) in [7, 11) is -3.61. The third kappa shape index (κ3) is 6.22. The highest BCUT2D eigenvalue weighted by Crippen LogP contribution is 2.31. The van der Waals surface area contributed by atoms with Gasteiger partial charge in [0, 0.05) is 44.7 Å². The van der Waals surface area contributed by atoms with Crippen LogP contribution in [-0.4, -0.2) is 48.6 Å². The largest absolute Gasteiger partial charge is 0.382 e. The zero-order chi connectivity index (χ0) is 25.0. The lowest BCUT2D eigenvalue weighted by molar-refractivity contribution is 0.141. The molecule has 4 rings (SSSR count). The number of benzene rings is 2. The zero-order valence-corrected chi connectivity index (χ0v) is 21.7. The van der Waals surface area contributed by atoms with Crippen LogP contribution in [0.25, 0.3) is 11.0 Å². The minimum Gasteiger partial charge on any atom is -0.382 e. The van der Waals surface area contributed by atoms with Gasteiger partial charge in [-0.05, 0) is 68.0 Å². The Morgan fingerprint density at radius 2 is 1.94 bits per heavy atom. The molecule has 1 aliphatic rings. The summed E-state index contributed by atoms with van der Waals surface area (Å²) in [6.45, 7) is 6.92. The van der Waals surface area contributed by atoms with Gasteiger partial charge in [0.1, 0.15) is 11.6 Å². The van der Waals surface area contributed by atoms with E-state index in [0.717, 1.165) is 30.8 Å². The van der Waals surface area contributed by atoms with Crippen molar-refractivity contribution < 1.29 is 21.9 Å². The van der Waals surface area contributed by atoms with Gasteiger partial charge in [0.2, 0.25) is 10.0 Å². The molecule has 3 aromatic rings. The highest BCUT2D eigenvalue weighted by molar-refractivity contribution is 7.98. The number of sulfonamides is 1. The van der Waals surface area contributed by atoms with E-state index >= 15 is 0 Å². The Bertz CT molecular complexity index is 1260. The lowest BCUT2D eigenvalue weighted by Crippen LogP contribution is -2.39. The van der Waals surface area contributed by atoms with Gasteiger partial charge in [-0.3, -0.25) is 0 Å². The number of hydrogen-bond donors (Lipinski definition) is 0. The second-order valence-corrected chi connectivity index (χ2v) is 11.8. The quantitative estimate of drug-likeness (QED) is 0.261. The van der Waals surface area contributed by atoms with Gasteiger partial charge in [0.25, 0.3) is 0 Å². The van der Waals surface area contributed by atoms with Crippen LogP contribution in [0, 0.1) is 17.6 Å². The van der Waals surface area contributed by atoms with Crippen molar-refractivity contribution in [3.8, 4) is 0 Å². The summed E-state index contributed by atoms with van der Waals surface area (Å²) in [5, 5.41) is 0.669. The van der Waals surface area contributed by atoms with Gasteiger partial charge in [0.15, 0.2) is 5.16 Å². The van der Waals surface area contributed by atoms with Gasteiger partial charge in [0.05, 0.1) is 15.9 Å². The number of fused-ring (bicyclic) bond motifs is 1. The van der Waals surface area contributed by atoms with Gasteiger partial charge in [-0.1, -0.05) is 18.7 Å². The maximum atomic E-state index is 13.6. The van der Waals surface area contributed by atoms with Crippen LogP contribution in [-0.2, 0) is 27.1 Å². The Morgan fingerprint density at radius 3 is 2.66 bits per heavy atom. The van der Waals surface area contributed by atoms with Gasteiger partial charge in [-0.25, -0.2) is 22.2 Å². The van der Waals surface area contributed by atoms with Gasteiger partial charge in [-0.15, -0.1) is 0 Å². The van der Waals surface area contributed by atoms with Crippen molar-refractivity contribution in [2.75, 3.05) is 26.3 Å². The highest BCUT2D eigenvalue weighted by Gasteiger charge is 2.29. The van der Waals surface area contributed by atoms with Crippen LogP contribution in [0.1, 0.15) is 38.7 Å². The molecule has 0 unspecified atom stereocenters. The smallest absolute Gasteiger partial charge is 0.243 e. The average molecular weight is 524 g/mol. The van der Waals surface area contributed by atoms with Gasteiger partial charge < -0.3 is 9.30 Å². The van der Waals surface area contributed by atoms with Gasteiger partial charge in [-0.2, -0.15) is 4.31 Å². The van der Waals surface area contributed by atoms with Crippen molar-refractivity contribution in [1.82, 2.24) is 13.9 Å². The fourth-order valence-electron chi connectivity index (χ4n) is 4.40. The third-order valence-electron chi connectivity index (χ3n) is 6.11. The molecule has 0 saturated carbocycles. The number of nitrogens with zero attached hydrogens (tertiary/aromatic N) is 3. The molecule has 2 aromatic carbocycles. The zero-order valence-electron chi connectivity index (χ0n) is 20.0. The van der Waals surface area contributed by atoms with Crippen LogP contribution in [0.2, 0.25) is 0 Å². The fraction of sp³-hybridized carbons (Fsp3) is 0.480. The Kier molecular flexibility index (Phi) is 8.46. The molecule has 10 heteroatoms. The number of hydrogen-bond acceptors (Lipinski definition) is 5. The lowest BCUT2D eigenvalue weighted by atomic mass is 10.0. The summed E-state index contributed by atoms with van der Waals surface area (Å²) in [5.74, 6) is -0.567. The molecule has 1 aliphatic heterocycles. The number of rotatable bonds is 10. The minimum absolute atomic E-state index is 0.238. The summed E-state index contributed by atoms with van der Waals surface area (Å²) >= 11 is 1.37. The summed E-state index contributed by atoms with van der Waals surface area (Å²) in [6, 6.07) is 8.55. The molecule has 0 amide bonds. The third-order valence-corrected chi connectivity index (χ3v) is 9.02. The lowest BCUT2D eigenvalue weighted by Gasteiger charge is -2.30. The maximum absolute atomic E-state index is 13.6. The first-order valence-corrected chi connectivity index (χ1v) is 14.4. The number of aromatic nitrogens is 2. The van der Waals surface area contributed by atoms with Crippen LogP contribution in [0.3, 0.4) is 0 Å². The maximum Gasteiger partial charge on any atom is 0.243 e. The molecule has 0 aliphatic carbocycles. The summed E-state index contributed by atoms with van der Waals surface area (Å²) in [4.78, 5) is 4.96. The average Bonchev–Trinajstić information content (AvgIpc) is 3.16. The number of aryl methyl sites for hydroxylation is 1. The molecule has 6 nitrogen and oxygen atoms in total. The first kappa shape index (κ1) is 26.1. The van der Waals surface area contributed by atoms with Crippen molar-refractivity contribution in [1.29, 1.82) is 0 Å². The summed E-state index contributed by atoms with van der Waals surface area (Å²) in [5.41, 5.74) is 1.92. The molecule has 0 N–H and O–H groups in total. The first-order valence-electron chi connectivity index (χ1n) is 11.9. The monoisotopic (exact) mass is 523 g/mol. The molecule has 2 heterocycles. The van der Waals surface area contributed by atoms with Crippen molar-refractivity contribution in [3.63, 3.8) is 0 Å². The second kappa shape index (κ2) is 11.4. The fourth-order valence-corrected chi connectivity index (χ4v) is 6.99. The van der Waals surface area contributed by atoms with E-state index < -0.39 is 21.7 Å². The van der Waals surface area contributed by atoms with E-state index in [9.17, 15) is 17.2 Å². The normalized spacial score (nSPS) is 17.3. The standard InChI is InChI=1S/C25H31F2N3O3S2/c1-3-33-11-5-10-30-24-8-7-22(35(31,32)29-9-4-6-18(2)16-29)15-23(24)28-25(30)34-17-19-12-20(26)14-21(27)13-19/h7-8,12-15,18H,3-6,9-11,16-17H2,1-2H3/t18-/m0/s1. The van der Waals surface area contributed by atoms with Crippen molar-refractivity contribution in [2.24, 2.45) is 5.92 Å². The number of halogens is 2. The predicted molar refractivity (Wildman–Crippen MR) is 134 cm³/mol. The molecule has 1 atom stereocenters. The Labute approximate surface area is 209 Å². The van der Waals surface area contributed by atoms with E-state index in [1.807, 2.05) is 11.5 Å². The van der Waals surface area contributed by atoms with E-state index in [-0.39, 0.29) is 4.90 Å². The molecule has 190 valence electrons.